The zero-order valence-electron chi connectivity index (χ0n) is 7.08. The number of nitrogens with zero attached hydrogens (tertiary/aromatic N) is 2. The van der Waals surface area contributed by atoms with Gasteiger partial charge in [-0.2, -0.15) is 0 Å². The molecule has 1 aromatic rings. The number of hydrogen-bond donors (Lipinski definition) is 0. The molecule has 0 aliphatic heterocycles. The first kappa shape index (κ1) is 12.3. The molecule has 0 bridgehead atoms. The van der Waals surface area contributed by atoms with Gasteiger partial charge < -0.3 is 10.1 Å². The van der Waals surface area contributed by atoms with Crippen LogP contribution in [0.3, 0.4) is 0 Å². The molecule has 0 saturated carbocycles. The van der Waals surface area contributed by atoms with Crippen LogP contribution < -0.4 is 0 Å². The quantitative estimate of drug-likeness (QED) is 0.372. The minimum absolute atomic E-state index is 0.000224. The Hall–Kier alpha value is -0.820. The Morgan fingerprint density at radius 3 is 2.67 bits per heavy atom. The smallest absolute Gasteiger partial charge is 0.358 e. The van der Waals surface area contributed by atoms with E-state index in [1.165, 1.54) is 0 Å². The molecule has 0 atom stereocenters. The van der Waals surface area contributed by atoms with E-state index >= 15 is 0 Å². The maximum atomic E-state index is 12.5. The number of aromatic nitrogens is 1. The second kappa shape index (κ2) is 4.80. The maximum Gasteiger partial charge on any atom is 0.365 e. The fraction of sp³-hybridized carbons (Fsp3) is 0.286. The fourth-order valence-electron chi connectivity index (χ4n) is 0.993. The zero-order valence-corrected chi connectivity index (χ0v) is 9.43. The highest BCUT2D eigenvalue weighted by Gasteiger charge is 2.24. The Kier molecular flexibility index (Phi) is 3.92. The molecule has 0 aliphatic carbocycles. The molecule has 4 nitrogen and oxygen atoms in total. The van der Waals surface area contributed by atoms with Gasteiger partial charge in [0.25, 0.3) is 6.43 Å². The minimum atomic E-state index is -2.78. The summed E-state index contributed by atoms with van der Waals surface area (Å²) in [6.45, 7) is 0. The largest absolute Gasteiger partial charge is 0.365 e. The molecule has 0 aromatic carbocycles. The molecular formula is C7H4BrClF2N2O2. The molecule has 1 rings (SSSR count). The molecule has 0 fully saturated rings. The average Bonchev–Trinajstić information content (AvgIpc) is 2.15. The molecule has 1 heterocycles. The first-order chi connectivity index (χ1) is 6.97. The number of nitro groups is 1. The van der Waals surface area contributed by atoms with Crippen molar-refractivity contribution in [2.45, 2.75) is 12.3 Å². The molecule has 0 radical (unpaired) electrons. The summed E-state index contributed by atoms with van der Waals surface area (Å²) in [5.74, 6) is -0.747. The number of halogens is 4. The van der Waals surface area contributed by atoms with Crippen molar-refractivity contribution in [2.75, 3.05) is 0 Å². The van der Waals surface area contributed by atoms with E-state index in [1.54, 1.807) is 0 Å². The lowest BCUT2D eigenvalue weighted by Crippen LogP contribution is -2.01. The topological polar surface area (TPSA) is 56.0 Å². The Bertz CT molecular complexity index is 403. The Morgan fingerprint density at radius 2 is 2.27 bits per heavy atom. The summed E-state index contributed by atoms with van der Waals surface area (Å²) in [7, 11) is 0. The lowest BCUT2D eigenvalue weighted by molar-refractivity contribution is -0.389. The lowest BCUT2D eigenvalue weighted by atomic mass is 10.1. The molecule has 82 valence electrons. The van der Waals surface area contributed by atoms with E-state index in [0.717, 1.165) is 6.07 Å². The summed E-state index contributed by atoms with van der Waals surface area (Å²) >= 11 is 8.17. The van der Waals surface area contributed by atoms with Gasteiger partial charge in [0.1, 0.15) is 0 Å². The molecule has 1 aromatic heterocycles. The first-order valence-corrected chi connectivity index (χ1v) is 4.98. The molecule has 0 N–H and O–H groups in total. The van der Waals surface area contributed by atoms with E-state index in [1.807, 2.05) is 0 Å². The summed E-state index contributed by atoms with van der Waals surface area (Å²) in [6, 6.07) is 0.944. The van der Waals surface area contributed by atoms with Gasteiger partial charge in [-0.15, -0.1) is 11.6 Å². The van der Waals surface area contributed by atoms with Crippen molar-refractivity contribution in [3.8, 4) is 0 Å². The predicted molar refractivity (Wildman–Crippen MR) is 53.1 cm³/mol. The van der Waals surface area contributed by atoms with Gasteiger partial charge in [-0.05, 0) is 15.5 Å². The number of rotatable bonds is 3. The Labute approximate surface area is 96.5 Å². The molecular weight excluding hydrogens is 297 g/mol. The summed E-state index contributed by atoms with van der Waals surface area (Å²) in [5.41, 5.74) is -0.407. The molecule has 0 spiro atoms. The summed E-state index contributed by atoms with van der Waals surface area (Å²) in [6.07, 6.45) is -2.78. The molecule has 0 saturated heterocycles. The van der Waals surface area contributed by atoms with Crippen LogP contribution in [0, 0.1) is 10.1 Å². The van der Waals surface area contributed by atoms with E-state index in [-0.39, 0.29) is 16.0 Å². The predicted octanol–water partition coefficient (Wildman–Crippen LogP) is 3.43. The van der Waals surface area contributed by atoms with Crippen molar-refractivity contribution in [1.29, 1.82) is 0 Å². The van der Waals surface area contributed by atoms with Crippen LogP contribution in [0.5, 0.6) is 0 Å². The van der Waals surface area contributed by atoms with Crippen LogP contribution >= 0.6 is 27.5 Å². The van der Waals surface area contributed by atoms with Crippen LogP contribution in [0.4, 0.5) is 14.6 Å². The first-order valence-electron chi connectivity index (χ1n) is 3.65. The standard InChI is InChI=1S/C7H4BrClF2N2O2/c8-6-5(7(10)11)3(2-9)1-4(12-6)13(14)15/h1,7H,2H2. The number of hydrogen-bond acceptors (Lipinski definition) is 3. The zero-order chi connectivity index (χ0) is 11.6. The van der Waals surface area contributed by atoms with Gasteiger partial charge in [-0.1, -0.05) is 0 Å². The highest BCUT2D eigenvalue weighted by atomic mass is 79.9. The second-order valence-corrected chi connectivity index (χ2v) is 3.55. The van der Waals surface area contributed by atoms with Crippen LogP contribution in [-0.4, -0.2) is 9.91 Å². The monoisotopic (exact) mass is 300 g/mol. The fourth-order valence-corrected chi connectivity index (χ4v) is 1.82. The number of alkyl halides is 3. The molecule has 15 heavy (non-hydrogen) atoms. The third-order valence-electron chi connectivity index (χ3n) is 1.63. The Balaban J connectivity index is 3.37. The van der Waals surface area contributed by atoms with Crippen molar-refractivity contribution < 1.29 is 13.7 Å². The molecule has 8 heteroatoms. The lowest BCUT2D eigenvalue weighted by Gasteiger charge is -2.05. The Morgan fingerprint density at radius 1 is 1.67 bits per heavy atom. The van der Waals surface area contributed by atoms with Crippen LogP contribution in [-0.2, 0) is 5.88 Å². The average molecular weight is 301 g/mol. The van der Waals surface area contributed by atoms with Crippen molar-refractivity contribution >= 4 is 33.3 Å². The highest BCUT2D eigenvalue weighted by Crippen LogP contribution is 2.32. The van der Waals surface area contributed by atoms with Crippen molar-refractivity contribution in [2.24, 2.45) is 0 Å². The van der Waals surface area contributed by atoms with Gasteiger partial charge in [0.2, 0.25) is 4.60 Å². The molecule has 0 unspecified atom stereocenters. The van der Waals surface area contributed by atoms with Crippen LogP contribution in [0.2, 0.25) is 0 Å². The third-order valence-corrected chi connectivity index (χ3v) is 2.53. The third kappa shape index (κ3) is 2.60. The van der Waals surface area contributed by atoms with E-state index in [9.17, 15) is 18.9 Å². The highest BCUT2D eigenvalue weighted by molar-refractivity contribution is 9.10. The summed E-state index contributed by atoms with van der Waals surface area (Å²) in [4.78, 5) is 13.0. The van der Waals surface area contributed by atoms with Gasteiger partial charge in [0, 0.05) is 27.9 Å². The van der Waals surface area contributed by atoms with Gasteiger partial charge in [-0.3, -0.25) is 0 Å². The maximum absolute atomic E-state index is 12.5. The van der Waals surface area contributed by atoms with Gasteiger partial charge in [0.05, 0.1) is 5.56 Å². The second-order valence-electron chi connectivity index (χ2n) is 2.54. The minimum Gasteiger partial charge on any atom is -0.358 e. The molecule has 0 aliphatic rings. The summed E-state index contributed by atoms with van der Waals surface area (Å²) in [5, 5.41) is 10.4. The molecule has 0 amide bonds. The SMILES string of the molecule is O=[N+]([O-])c1cc(CCl)c(C(F)F)c(Br)n1. The van der Waals surface area contributed by atoms with Crippen LogP contribution in [0.15, 0.2) is 10.7 Å². The van der Waals surface area contributed by atoms with Crippen molar-refractivity contribution in [1.82, 2.24) is 4.98 Å². The van der Waals surface area contributed by atoms with Crippen molar-refractivity contribution in [3.63, 3.8) is 0 Å². The normalized spacial score (nSPS) is 10.7. The van der Waals surface area contributed by atoms with Crippen LogP contribution in [0.25, 0.3) is 0 Å². The van der Waals surface area contributed by atoms with E-state index in [0.29, 0.717) is 0 Å². The van der Waals surface area contributed by atoms with Gasteiger partial charge >= 0.3 is 5.82 Å². The summed E-state index contributed by atoms with van der Waals surface area (Å²) < 4.78 is 24.8. The van der Waals surface area contributed by atoms with E-state index < -0.39 is 22.7 Å². The number of pyridine rings is 1. The van der Waals surface area contributed by atoms with E-state index in [4.69, 9.17) is 11.6 Å². The van der Waals surface area contributed by atoms with Gasteiger partial charge in [-0.25, -0.2) is 8.78 Å². The van der Waals surface area contributed by atoms with Crippen LogP contribution in [0.1, 0.15) is 17.6 Å². The van der Waals surface area contributed by atoms with Gasteiger partial charge in [0.15, 0.2) is 0 Å². The van der Waals surface area contributed by atoms with Crippen molar-refractivity contribution in [3.05, 3.63) is 31.9 Å². The van der Waals surface area contributed by atoms with E-state index in [2.05, 4.69) is 20.9 Å².